The number of benzene rings is 1. The number of hydrogen-bond acceptors (Lipinski definition) is 1. The standard InChI is InChI=1S/C14H22NP/c1-11-13(2,3)16(14(11,4)5)15-12-9-7-6-8-10-12/h6-11,15H,1-5H3. The molecule has 0 radical (unpaired) electrons. The lowest BCUT2D eigenvalue weighted by Gasteiger charge is -2.63. The predicted octanol–water partition coefficient (Wildman–Crippen LogP) is 4.70. The molecule has 1 heterocycles. The molecule has 1 fully saturated rings. The molecule has 1 aliphatic rings. The van der Waals surface area contributed by atoms with Crippen molar-refractivity contribution in [1.82, 2.24) is 0 Å². The molecule has 1 nitrogen and oxygen atoms in total. The minimum Gasteiger partial charge on any atom is -0.363 e. The second-order valence-electron chi connectivity index (χ2n) is 5.84. The van der Waals surface area contributed by atoms with Crippen molar-refractivity contribution in [2.45, 2.75) is 44.9 Å². The van der Waals surface area contributed by atoms with Crippen LogP contribution in [0, 0.1) is 5.92 Å². The van der Waals surface area contributed by atoms with E-state index in [1.807, 2.05) is 0 Å². The van der Waals surface area contributed by atoms with Gasteiger partial charge >= 0.3 is 0 Å². The summed E-state index contributed by atoms with van der Waals surface area (Å²) >= 11 is 0. The Kier molecular flexibility index (Phi) is 2.78. The van der Waals surface area contributed by atoms with Crippen LogP contribution in [-0.4, -0.2) is 10.3 Å². The van der Waals surface area contributed by atoms with Gasteiger partial charge in [0, 0.05) is 24.1 Å². The van der Waals surface area contributed by atoms with Crippen molar-refractivity contribution < 1.29 is 0 Å². The predicted molar refractivity (Wildman–Crippen MR) is 74.3 cm³/mol. The van der Waals surface area contributed by atoms with Gasteiger partial charge < -0.3 is 5.09 Å². The average Bonchev–Trinajstić information content (AvgIpc) is 2.26. The molecule has 2 heteroatoms. The molecular weight excluding hydrogens is 213 g/mol. The number of anilines is 1. The van der Waals surface area contributed by atoms with Gasteiger partial charge in [-0.05, 0) is 18.1 Å². The second kappa shape index (κ2) is 3.74. The fourth-order valence-electron chi connectivity index (χ4n) is 2.86. The lowest BCUT2D eigenvalue weighted by atomic mass is 9.83. The molecule has 0 aliphatic carbocycles. The summed E-state index contributed by atoms with van der Waals surface area (Å²) in [5, 5.41) is 4.63. The van der Waals surface area contributed by atoms with E-state index in [9.17, 15) is 0 Å². The number of rotatable bonds is 2. The van der Waals surface area contributed by atoms with Gasteiger partial charge in [-0.1, -0.05) is 52.8 Å². The molecule has 1 aromatic carbocycles. The first-order chi connectivity index (χ1) is 7.37. The Bertz CT molecular complexity index is 354. The third-order valence-corrected chi connectivity index (χ3v) is 7.85. The van der Waals surface area contributed by atoms with E-state index in [2.05, 4.69) is 70.0 Å². The normalized spacial score (nSPS) is 30.6. The van der Waals surface area contributed by atoms with E-state index in [4.69, 9.17) is 0 Å². The highest BCUT2D eigenvalue weighted by Crippen LogP contribution is 2.75. The van der Waals surface area contributed by atoms with Crippen molar-refractivity contribution in [1.29, 1.82) is 0 Å². The van der Waals surface area contributed by atoms with Gasteiger partial charge in [-0.15, -0.1) is 0 Å². The molecule has 0 aromatic heterocycles. The summed E-state index contributed by atoms with van der Waals surface area (Å²) in [6.45, 7) is 12.0. The highest BCUT2D eigenvalue weighted by molar-refractivity contribution is 7.64. The van der Waals surface area contributed by atoms with Crippen molar-refractivity contribution >= 4 is 13.8 Å². The minimum atomic E-state index is -0.150. The van der Waals surface area contributed by atoms with Gasteiger partial charge in [-0.3, -0.25) is 0 Å². The van der Waals surface area contributed by atoms with Crippen LogP contribution in [0.2, 0.25) is 0 Å². The Morgan fingerprint density at radius 3 is 2.00 bits per heavy atom. The van der Waals surface area contributed by atoms with Crippen LogP contribution >= 0.6 is 8.07 Å². The van der Waals surface area contributed by atoms with Crippen LogP contribution < -0.4 is 5.09 Å². The van der Waals surface area contributed by atoms with Crippen LogP contribution in [0.15, 0.2) is 30.3 Å². The fraction of sp³-hybridized carbons (Fsp3) is 0.571. The summed E-state index contributed by atoms with van der Waals surface area (Å²) in [5.74, 6) is 0.780. The largest absolute Gasteiger partial charge is 0.363 e. The summed E-state index contributed by atoms with van der Waals surface area (Å²) in [7, 11) is -0.150. The van der Waals surface area contributed by atoms with E-state index < -0.39 is 0 Å². The molecule has 2 rings (SSSR count). The van der Waals surface area contributed by atoms with Crippen molar-refractivity contribution in [2.75, 3.05) is 5.09 Å². The van der Waals surface area contributed by atoms with Gasteiger partial charge in [0.25, 0.3) is 0 Å². The zero-order valence-electron chi connectivity index (χ0n) is 10.9. The highest BCUT2D eigenvalue weighted by Gasteiger charge is 2.59. The van der Waals surface area contributed by atoms with Gasteiger partial charge in [0.05, 0.1) is 0 Å². The van der Waals surface area contributed by atoms with Gasteiger partial charge in [-0.2, -0.15) is 0 Å². The number of hydrogen-bond donors (Lipinski definition) is 1. The number of para-hydroxylation sites is 1. The molecular formula is C14H22NP. The molecule has 0 amide bonds. The van der Waals surface area contributed by atoms with E-state index >= 15 is 0 Å². The third kappa shape index (κ3) is 1.66. The van der Waals surface area contributed by atoms with Crippen LogP contribution in [0.25, 0.3) is 0 Å². The Labute approximate surface area is 100 Å². The number of nitrogens with one attached hydrogen (secondary N) is 1. The molecule has 1 N–H and O–H groups in total. The molecule has 0 spiro atoms. The second-order valence-corrected chi connectivity index (χ2v) is 9.04. The molecule has 1 aromatic rings. The Hall–Kier alpha value is -0.550. The third-order valence-electron chi connectivity index (χ3n) is 4.29. The van der Waals surface area contributed by atoms with E-state index in [1.165, 1.54) is 5.69 Å². The van der Waals surface area contributed by atoms with Gasteiger partial charge in [0.2, 0.25) is 0 Å². The first-order valence-electron chi connectivity index (χ1n) is 5.99. The molecule has 0 bridgehead atoms. The van der Waals surface area contributed by atoms with Crippen LogP contribution in [0.1, 0.15) is 34.6 Å². The maximum atomic E-state index is 3.75. The van der Waals surface area contributed by atoms with Crippen LogP contribution in [0.4, 0.5) is 5.69 Å². The monoisotopic (exact) mass is 235 g/mol. The topological polar surface area (TPSA) is 12.0 Å². The lowest BCUT2D eigenvalue weighted by Crippen LogP contribution is -2.56. The summed E-state index contributed by atoms with van der Waals surface area (Å²) < 4.78 is 0. The zero-order valence-corrected chi connectivity index (χ0v) is 11.8. The molecule has 0 atom stereocenters. The van der Waals surface area contributed by atoms with Gasteiger partial charge in [-0.25, -0.2) is 0 Å². The smallest absolute Gasteiger partial charge is 0.0372 e. The van der Waals surface area contributed by atoms with E-state index in [-0.39, 0.29) is 8.07 Å². The maximum absolute atomic E-state index is 3.75. The van der Waals surface area contributed by atoms with E-state index in [0.29, 0.717) is 10.3 Å². The molecule has 88 valence electrons. The summed E-state index contributed by atoms with van der Waals surface area (Å²) in [6.07, 6.45) is 0. The van der Waals surface area contributed by atoms with E-state index in [0.717, 1.165) is 5.92 Å². The first-order valence-corrected chi connectivity index (χ1v) is 7.33. The molecule has 1 saturated heterocycles. The van der Waals surface area contributed by atoms with Crippen LogP contribution in [0.5, 0.6) is 0 Å². The summed E-state index contributed by atoms with van der Waals surface area (Å²) in [6, 6.07) is 10.6. The van der Waals surface area contributed by atoms with Crippen molar-refractivity contribution in [3.05, 3.63) is 30.3 Å². The molecule has 1 aliphatic heterocycles. The van der Waals surface area contributed by atoms with Crippen molar-refractivity contribution in [2.24, 2.45) is 5.92 Å². The lowest BCUT2D eigenvalue weighted by molar-refractivity contribution is 0.306. The molecule has 0 unspecified atom stereocenters. The maximum Gasteiger partial charge on any atom is 0.0372 e. The first kappa shape index (κ1) is 11.9. The minimum absolute atomic E-state index is 0.150. The Morgan fingerprint density at radius 2 is 1.50 bits per heavy atom. The van der Waals surface area contributed by atoms with Crippen molar-refractivity contribution in [3.8, 4) is 0 Å². The zero-order chi connectivity index (χ0) is 12.0. The average molecular weight is 235 g/mol. The molecule has 16 heavy (non-hydrogen) atoms. The van der Waals surface area contributed by atoms with Crippen LogP contribution in [-0.2, 0) is 0 Å². The van der Waals surface area contributed by atoms with E-state index in [1.54, 1.807) is 0 Å². The van der Waals surface area contributed by atoms with Crippen LogP contribution in [0.3, 0.4) is 0 Å². The van der Waals surface area contributed by atoms with Gasteiger partial charge in [0.1, 0.15) is 0 Å². The SMILES string of the molecule is CC1C(C)(C)P(Nc2ccccc2)C1(C)C. The summed E-state index contributed by atoms with van der Waals surface area (Å²) in [4.78, 5) is 0. The fourth-order valence-corrected chi connectivity index (χ4v) is 6.54. The van der Waals surface area contributed by atoms with Gasteiger partial charge in [0.15, 0.2) is 0 Å². The Balaban J connectivity index is 2.17. The highest BCUT2D eigenvalue weighted by atomic mass is 31.1. The quantitative estimate of drug-likeness (QED) is 0.732. The Morgan fingerprint density at radius 1 is 1.00 bits per heavy atom. The summed E-state index contributed by atoms with van der Waals surface area (Å²) in [5.41, 5.74) is 1.27. The molecule has 0 saturated carbocycles. The van der Waals surface area contributed by atoms with Crippen molar-refractivity contribution in [3.63, 3.8) is 0 Å².